The quantitative estimate of drug-likeness (QED) is 0.737. The number of benzene rings is 2. The van der Waals surface area contributed by atoms with Gasteiger partial charge in [0.1, 0.15) is 5.44 Å². The Morgan fingerprint density at radius 2 is 1.89 bits per heavy atom. The SMILES string of the molecule is CC1(C)COC(c2ccc3ccccc3c2)SC1. The fraction of sp³-hybridized carbons (Fsp3) is 0.375. The molecule has 1 unspecified atom stereocenters. The minimum atomic E-state index is 0.197. The Morgan fingerprint density at radius 3 is 2.61 bits per heavy atom. The molecule has 0 saturated carbocycles. The first-order valence-corrected chi connectivity index (χ1v) is 7.41. The highest BCUT2D eigenvalue weighted by atomic mass is 32.2. The van der Waals surface area contributed by atoms with Crippen LogP contribution in [0.1, 0.15) is 24.8 Å². The Balaban J connectivity index is 1.87. The van der Waals surface area contributed by atoms with E-state index in [4.69, 9.17) is 4.74 Å². The lowest BCUT2D eigenvalue weighted by molar-refractivity contribution is 0.0441. The van der Waals surface area contributed by atoms with E-state index in [1.807, 2.05) is 11.8 Å². The zero-order chi connectivity index (χ0) is 12.6. The van der Waals surface area contributed by atoms with Gasteiger partial charge >= 0.3 is 0 Å². The van der Waals surface area contributed by atoms with Crippen molar-refractivity contribution in [2.24, 2.45) is 5.41 Å². The summed E-state index contributed by atoms with van der Waals surface area (Å²) in [5.74, 6) is 1.16. The maximum Gasteiger partial charge on any atom is 0.128 e. The first-order chi connectivity index (χ1) is 8.64. The average molecular weight is 258 g/mol. The summed E-state index contributed by atoms with van der Waals surface area (Å²) in [5, 5.41) is 2.59. The van der Waals surface area contributed by atoms with Crippen molar-refractivity contribution in [3.63, 3.8) is 0 Å². The van der Waals surface area contributed by atoms with Crippen LogP contribution in [-0.2, 0) is 4.74 Å². The maximum absolute atomic E-state index is 5.99. The predicted octanol–water partition coefficient (Wildman–Crippen LogP) is 4.63. The van der Waals surface area contributed by atoms with Crippen LogP contribution in [0.15, 0.2) is 42.5 Å². The highest BCUT2D eigenvalue weighted by Gasteiger charge is 2.28. The van der Waals surface area contributed by atoms with Gasteiger partial charge in [0.15, 0.2) is 0 Å². The molecule has 0 aliphatic carbocycles. The number of thioether (sulfide) groups is 1. The van der Waals surface area contributed by atoms with Crippen molar-refractivity contribution < 1.29 is 4.74 Å². The van der Waals surface area contributed by atoms with Crippen molar-refractivity contribution >= 4 is 22.5 Å². The van der Waals surface area contributed by atoms with Gasteiger partial charge in [-0.3, -0.25) is 0 Å². The molecule has 2 aromatic carbocycles. The van der Waals surface area contributed by atoms with Crippen LogP contribution in [0.2, 0.25) is 0 Å². The zero-order valence-corrected chi connectivity index (χ0v) is 11.7. The third kappa shape index (κ3) is 2.40. The van der Waals surface area contributed by atoms with E-state index in [-0.39, 0.29) is 5.44 Å². The summed E-state index contributed by atoms with van der Waals surface area (Å²) in [6, 6.07) is 15.1. The first-order valence-electron chi connectivity index (χ1n) is 6.36. The van der Waals surface area contributed by atoms with Gasteiger partial charge in [-0.15, -0.1) is 11.8 Å². The predicted molar refractivity (Wildman–Crippen MR) is 78.9 cm³/mol. The Labute approximate surface area is 113 Å². The van der Waals surface area contributed by atoms with E-state index < -0.39 is 0 Å². The van der Waals surface area contributed by atoms with Crippen molar-refractivity contribution in [2.75, 3.05) is 12.4 Å². The molecule has 0 amide bonds. The van der Waals surface area contributed by atoms with E-state index in [0.29, 0.717) is 5.41 Å². The monoisotopic (exact) mass is 258 g/mol. The fourth-order valence-electron chi connectivity index (χ4n) is 2.24. The van der Waals surface area contributed by atoms with Gasteiger partial charge in [0, 0.05) is 5.75 Å². The third-order valence-electron chi connectivity index (χ3n) is 3.30. The van der Waals surface area contributed by atoms with E-state index in [1.165, 1.54) is 16.3 Å². The van der Waals surface area contributed by atoms with E-state index in [2.05, 4.69) is 56.3 Å². The number of fused-ring (bicyclic) bond motifs is 1. The van der Waals surface area contributed by atoms with E-state index in [9.17, 15) is 0 Å². The van der Waals surface area contributed by atoms with E-state index >= 15 is 0 Å². The molecule has 94 valence electrons. The second kappa shape index (κ2) is 4.60. The number of ether oxygens (including phenoxy) is 1. The van der Waals surface area contributed by atoms with Gasteiger partial charge in [-0.2, -0.15) is 0 Å². The summed E-state index contributed by atoms with van der Waals surface area (Å²) < 4.78 is 5.99. The van der Waals surface area contributed by atoms with Crippen LogP contribution in [-0.4, -0.2) is 12.4 Å². The van der Waals surface area contributed by atoms with E-state index in [0.717, 1.165) is 12.4 Å². The average Bonchev–Trinajstić information content (AvgIpc) is 2.38. The van der Waals surface area contributed by atoms with Crippen LogP contribution in [0.3, 0.4) is 0 Å². The largest absolute Gasteiger partial charge is 0.362 e. The second-order valence-electron chi connectivity index (χ2n) is 5.72. The molecule has 1 aliphatic heterocycles. The number of rotatable bonds is 1. The Morgan fingerprint density at radius 1 is 1.11 bits per heavy atom. The summed E-state index contributed by atoms with van der Waals surface area (Å²) in [6.07, 6.45) is 0. The molecule has 0 bridgehead atoms. The summed E-state index contributed by atoms with van der Waals surface area (Å²) in [7, 11) is 0. The molecule has 3 rings (SSSR count). The molecule has 1 aliphatic rings. The van der Waals surface area contributed by atoms with Crippen LogP contribution in [0.4, 0.5) is 0 Å². The van der Waals surface area contributed by atoms with E-state index in [1.54, 1.807) is 0 Å². The van der Waals surface area contributed by atoms with Gasteiger partial charge in [-0.25, -0.2) is 0 Å². The Bertz CT molecular complexity index is 552. The molecule has 1 saturated heterocycles. The minimum absolute atomic E-state index is 0.197. The van der Waals surface area contributed by atoms with Crippen molar-refractivity contribution in [2.45, 2.75) is 19.3 Å². The van der Waals surface area contributed by atoms with Gasteiger partial charge in [0.2, 0.25) is 0 Å². The molecule has 1 fully saturated rings. The van der Waals surface area contributed by atoms with Crippen molar-refractivity contribution in [3.05, 3.63) is 48.0 Å². The molecule has 0 N–H and O–H groups in total. The number of hydrogen-bond donors (Lipinski definition) is 0. The zero-order valence-electron chi connectivity index (χ0n) is 10.8. The van der Waals surface area contributed by atoms with Gasteiger partial charge in [-0.1, -0.05) is 50.2 Å². The Kier molecular flexibility index (Phi) is 3.08. The molecule has 0 aromatic heterocycles. The topological polar surface area (TPSA) is 9.23 Å². The molecule has 1 atom stereocenters. The molecule has 2 aromatic rings. The molecule has 2 heteroatoms. The smallest absolute Gasteiger partial charge is 0.128 e. The van der Waals surface area contributed by atoms with Crippen molar-refractivity contribution in [1.82, 2.24) is 0 Å². The lowest BCUT2D eigenvalue weighted by Gasteiger charge is -2.34. The lowest BCUT2D eigenvalue weighted by atomic mass is 9.98. The molecule has 0 radical (unpaired) electrons. The molecule has 1 nitrogen and oxygen atoms in total. The summed E-state index contributed by atoms with van der Waals surface area (Å²) >= 11 is 1.91. The number of hydrogen-bond acceptors (Lipinski definition) is 2. The normalized spacial score (nSPS) is 23.1. The maximum atomic E-state index is 5.99. The standard InChI is InChI=1S/C16H18OS/c1-16(2)10-17-15(18-11-16)14-8-7-12-5-3-4-6-13(12)9-14/h3-9,15H,10-11H2,1-2H3. The summed E-state index contributed by atoms with van der Waals surface area (Å²) in [6.45, 7) is 5.37. The molecule has 18 heavy (non-hydrogen) atoms. The second-order valence-corrected chi connectivity index (χ2v) is 6.77. The van der Waals surface area contributed by atoms with Crippen LogP contribution in [0.25, 0.3) is 10.8 Å². The highest BCUT2D eigenvalue weighted by molar-refractivity contribution is 7.99. The molecular weight excluding hydrogens is 240 g/mol. The van der Waals surface area contributed by atoms with Crippen molar-refractivity contribution in [3.8, 4) is 0 Å². The summed E-state index contributed by atoms with van der Waals surface area (Å²) in [4.78, 5) is 0. The van der Waals surface area contributed by atoms with Crippen LogP contribution >= 0.6 is 11.8 Å². The van der Waals surface area contributed by atoms with Gasteiger partial charge in [-0.05, 0) is 27.8 Å². The first kappa shape index (κ1) is 12.1. The minimum Gasteiger partial charge on any atom is -0.362 e. The molecule has 0 spiro atoms. The van der Waals surface area contributed by atoms with Crippen LogP contribution in [0.5, 0.6) is 0 Å². The van der Waals surface area contributed by atoms with Crippen LogP contribution < -0.4 is 0 Å². The fourth-order valence-corrected chi connectivity index (χ4v) is 3.43. The van der Waals surface area contributed by atoms with Crippen LogP contribution in [0, 0.1) is 5.41 Å². The lowest BCUT2D eigenvalue weighted by Crippen LogP contribution is -2.28. The third-order valence-corrected chi connectivity index (χ3v) is 4.96. The molecule has 1 heterocycles. The van der Waals surface area contributed by atoms with Crippen molar-refractivity contribution in [1.29, 1.82) is 0 Å². The Hall–Kier alpha value is -0.990. The van der Waals surface area contributed by atoms with Gasteiger partial charge in [0.25, 0.3) is 0 Å². The molecular formula is C16H18OS. The summed E-state index contributed by atoms with van der Waals surface area (Å²) in [5.41, 5.74) is 1.79. The van der Waals surface area contributed by atoms with Gasteiger partial charge < -0.3 is 4.74 Å². The highest BCUT2D eigenvalue weighted by Crippen LogP contribution is 2.41. The van der Waals surface area contributed by atoms with Gasteiger partial charge in [0.05, 0.1) is 6.61 Å².